The average molecular weight is 203 g/mol. The van der Waals surface area contributed by atoms with Crippen molar-refractivity contribution < 1.29 is 19.1 Å². The second-order valence-corrected chi connectivity index (χ2v) is 2.80. The molecule has 5 heteroatoms. The third-order valence-corrected chi connectivity index (χ3v) is 1.81. The zero-order chi connectivity index (χ0) is 10.8. The minimum absolute atomic E-state index is 0.104. The highest BCUT2D eigenvalue weighted by Crippen LogP contribution is 2.25. The van der Waals surface area contributed by atoms with E-state index in [2.05, 4.69) is 4.74 Å². The van der Waals surface area contributed by atoms with Gasteiger partial charge in [-0.25, -0.2) is 4.79 Å². The lowest BCUT2D eigenvalue weighted by Gasteiger charge is -1.90. The molecule has 0 amide bonds. The first-order valence-electron chi connectivity index (χ1n) is 4.03. The van der Waals surface area contributed by atoms with Crippen molar-refractivity contribution in [1.29, 1.82) is 5.26 Å². The van der Waals surface area contributed by atoms with Crippen LogP contribution in [0.25, 0.3) is 11.0 Å². The van der Waals surface area contributed by atoms with E-state index in [4.69, 9.17) is 14.8 Å². The first-order valence-corrected chi connectivity index (χ1v) is 4.03. The van der Waals surface area contributed by atoms with Crippen LogP contribution in [0, 0.1) is 11.3 Å². The van der Waals surface area contributed by atoms with E-state index in [0.29, 0.717) is 16.5 Å². The molecule has 0 saturated carbocycles. The molecule has 74 valence electrons. The molecule has 1 aromatic carbocycles. The summed E-state index contributed by atoms with van der Waals surface area (Å²) in [6, 6.07) is 8.15. The molecule has 2 aromatic rings. The molecule has 5 nitrogen and oxygen atoms in total. The van der Waals surface area contributed by atoms with Crippen molar-refractivity contribution in [1.82, 2.24) is 0 Å². The summed E-state index contributed by atoms with van der Waals surface area (Å²) >= 11 is 0. The van der Waals surface area contributed by atoms with Crippen LogP contribution in [-0.2, 0) is 0 Å². The number of hydrogen-bond acceptors (Lipinski definition) is 4. The Labute approximate surface area is 84.1 Å². The molecule has 15 heavy (non-hydrogen) atoms. The molecule has 0 unspecified atom stereocenters. The molecule has 0 aliphatic rings. The van der Waals surface area contributed by atoms with E-state index in [-0.39, 0.29) is 5.95 Å². The number of nitrogens with zero attached hydrogens (tertiary/aromatic N) is 1. The van der Waals surface area contributed by atoms with E-state index in [0.717, 1.165) is 0 Å². The lowest BCUT2D eigenvalue weighted by Crippen LogP contribution is -2.01. The van der Waals surface area contributed by atoms with E-state index in [1.165, 1.54) is 6.07 Å². The van der Waals surface area contributed by atoms with Crippen LogP contribution in [0.2, 0.25) is 0 Å². The Morgan fingerprint density at radius 1 is 1.47 bits per heavy atom. The van der Waals surface area contributed by atoms with Gasteiger partial charge in [-0.15, -0.1) is 0 Å². The summed E-state index contributed by atoms with van der Waals surface area (Å²) in [6.07, 6.45) is -1.44. The minimum Gasteiger partial charge on any atom is -0.449 e. The summed E-state index contributed by atoms with van der Waals surface area (Å²) in [6.45, 7) is 0. The highest BCUT2D eigenvalue weighted by atomic mass is 16.7. The highest BCUT2D eigenvalue weighted by molar-refractivity contribution is 5.80. The van der Waals surface area contributed by atoms with Crippen molar-refractivity contribution >= 4 is 17.1 Å². The zero-order valence-electron chi connectivity index (χ0n) is 7.43. The second kappa shape index (κ2) is 3.35. The van der Waals surface area contributed by atoms with Crippen LogP contribution >= 0.6 is 0 Å². The summed E-state index contributed by atoms with van der Waals surface area (Å²) in [7, 11) is 0. The molecule has 2 rings (SSSR count). The van der Waals surface area contributed by atoms with Gasteiger partial charge >= 0.3 is 6.16 Å². The van der Waals surface area contributed by atoms with E-state index in [9.17, 15) is 4.79 Å². The number of benzene rings is 1. The van der Waals surface area contributed by atoms with Crippen molar-refractivity contribution in [3.8, 4) is 12.0 Å². The monoisotopic (exact) mass is 203 g/mol. The van der Waals surface area contributed by atoms with Crippen molar-refractivity contribution in [2.75, 3.05) is 0 Å². The maximum absolute atomic E-state index is 10.2. The Bertz CT molecular complexity index is 564. The van der Waals surface area contributed by atoms with Crippen molar-refractivity contribution in [2.24, 2.45) is 0 Å². The van der Waals surface area contributed by atoms with Crippen LogP contribution in [0.5, 0.6) is 5.95 Å². The Kier molecular flexibility index (Phi) is 2.03. The number of hydrogen-bond donors (Lipinski definition) is 1. The number of ether oxygens (including phenoxy) is 1. The number of carbonyl (C=O) groups is 1. The summed E-state index contributed by atoms with van der Waals surface area (Å²) in [5.41, 5.74) is 0.954. The molecule has 0 atom stereocenters. The Hall–Kier alpha value is -2.48. The molecule has 1 heterocycles. The van der Waals surface area contributed by atoms with Crippen molar-refractivity contribution in [3.63, 3.8) is 0 Å². The third kappa shape index (κ3) is 1.74. The summed E-state index contributed by atoms with van der Waals surface area (Å²) < 4.78 is 9.41. The van der Waals surface area contributed by atoms with E-state index in [1.54, 1.807) is 18.2 Å². The van der Waals surface area contributed by atoms with Gasteiger partial charge < -0.3 is 14.3 Å². The zero-order valence-corrected chi connectivity index (χ0v) is 7.43. The van der Waals surface area contributed by atoms with E-state index >= 15 is 0 Å². The second-order valence-electron chi connectivity index (χ2n) is 2.80. The molecule has 0 spiro atoms. The van der Waals surface area contributed by atoms with E-state index in [1.807, 2.05) is 6.07 Å². The van der Waals surface area contributed by atoms with Gasteiger partial charge in [-0.1, -0.05) is 0 Å². The molecule has 0 saturated heterocycles. The van der Waals surface area contributed by atoms with Gasteiger partial charge in [0.25, 0.3) is 5.95 Å². The summed E-state index contributed by atoms with van der Waals surface area (Å²) in [5.74, 6) is -0.104. The van der Waals surface area contributed by atoms with Gasteiger partial charge in [-0.2, -0.15) is 5.26 Å². The average Bonchev–Trinajstić information content (AvgIpc) is 2.57. The van der Waals surface area contributed by atoms with Crippen LogP contribution in [0.4, 0.5) is 4.79 Å². The minimum atomic E-state index is -1.44. The predicted octanol–water partition coefficient (Wildman–Crippen LogP) is 2.36. The van der Waals surface area contributed by atoms with Crippen LogP contribution in [0.15, 0.2) is 28.7 Å². The Morgan fingerprint density at radius 2 is 2.27 bits per heavy atom. The maximum Gasteiger partial charge on any atom is 0.513 e. The Morgan fingerprint density at radius 3 is 2.93 bits per heavy atom. The fourth-order valence-electron chi connectivity index (χ4n) is 1.22. The molecule has 0 aliphatic carbocycles. The fourth-order valence-corrected chi connectivity index (χ4v) is 1.22. The van der Waals surface area contributed by atoms with Gasteiger partial charge in [-0.3, -0.25) is 0 Å². The number of nitriles is 1. The lowest BCUT2D eigenvalue weighted by atomic mass is 10.2. The number of carboxylic acid groups (broad SMARTS) is 1. The first-order chi connectivity index (χ1) is 7.19. The number of furan rings is 1. The fraction of sp³-hybridized carbons (Fsp3) is 0. The van der Waals surface area contributed by atoms with Crippen molar-refractivity contribution in [3.05, 3.63) is 29.8 Å². The smallest absolute Gasteiger partial charge is 0.449 e. The lowest BCUT2D eigenvalue weighted by molar-refractivity contribution is 0.134. The largest absolute Gasteiger partial charge is 0.513 e. The molecule has 0 radical (unpaired) electrons. The van der Waals surface area contributed by atoms with Gasteiger partial charge in [0.15, 0.2) is 0 Å². The Balaban J connectivity index is 2.47. The van der Waals surface area contributed by atoms with Gasteiger partial charge in [-0.05, 0) is 18.2 Å². The van der Waals surface area contributed by atoms with Crippen LogP contribution in [0.3, 0.4) is 0 Å². The van der Waals surface area contributed by atoms with Crippen LogP contribution < -0.4 is 4.74 Å². The molecular formula is C10H5NO4. The summed E-state index contributed by atoms with van der Waals surface area (Å²) in [5, 5.41) is 17.6. The quantitative estimate of drug-likeness (QED) is 0.719. The standard InChI is InChI=1S/C10H5NO4/c11-5-6-1-2-8-7(3-6)4-9(14-8)15-10(12)13/h1-4H,(H,12,13). The van der Waals surface area contributed by atoms with Gasteiger partial charge in [0.2, 0.25) is 0 Å². The highest BCUT2D eigenvalue weighted by Gasteiger charge is 2.08. The normalized spacial score (nSPS) is 9.80. The predicted molar refractivity (Wildman–Crippen MR) is 49.6 cm³/mol. The molecule has 0 fully saturated rings. The molecular weight excluding hydrogens is 198 g/mol. The molecule has 1 aromatic heterocycles. The van der Waals surface area contributed by atoms with Crippen LogP contribution in [0.1, 0.15) is 5.56 Å². The molecule has 1 N–H and O–H groups in total. The van der Waals surface area contributed by atoms with E-state index < -0.39 is 6.16 Å². The van der Waals surface area contributed by atoms with Gasteiger partial charge in [0.05, 0.1) is 11.6 Å². The number of fused-ring (bicyclic) bond motifs is 1. The summed E-state index contributed by atoms with van der Waals surface area (Å²) in [4.78, 5) is 10.2. The SMILES string of the molecule is N#Cc1ccc2oc(OC(=O)O)cc2c1. The number of rotatable bonds is 1. The first kappa shape index (κ1) is 9.09. The topological polar surface area (TPSA) is 83.5 Å². The van der Waals surface area contributed by atoms with Crippen LogP contribution in [-0.4, -0.2) is 11.3 Å². The molecule has 0 bridgehead atoms. The molecule has 0 aliphatic heterocycles. The van der Waals surface area contributed by atoms with Gasteiger partial charge in [0.1, 0.15) is 5.58 Å². The van der Waals surface area contributed by atoms with Gasteiger partial charge in [0, 0.05) is 11.5 Å². The third-order valence-electron chi connectivity index (χ3n) is 1.81. The van der Waals surface area contributed by atoms with Crippen molar-refractivity contribution in [2.45, 2.75) is 0 Å². The maximum atomic E-state index is 10.2.